The summed E-state index contributed by atoms with van der Waals surface area (Å²) in [6.45, 7) is 9.75. The molecule has 0 aliphatic heterocycles. The molecule has 0 fully saturated rings. The first kappa shape index (κ1) is 22.1. The largest absolute Gasteiger partial charge is 0.260 e. The van der Waals surface area contributed by atoms with Crippen LogP contribution in [-0.4, -0.2) is 19.9 Å². The maximum atomic E-state index is 4.79. The number of rotatable bonds is 6. The molecule has 35 heavy (non-hydrogen) atoms. The lowest BCUT2D eigenvalue weighted by atomic mass is 9.98. The standard InChI is InChI=1S/C31H24N4/c1-4-11-22(5-2)29-33-30(24-12-7-6-8-13-24)35-31(34-29)25-18-16-23(17-19-25)28-20-32-21(3)26-14-9-10-15-27(26)28/h4-20H,1-2H2,3H3/b22-11+. The Morgan fingerprint density at radius 2 is 1.29 bits per heavy atom. The zero-order chi connectivity index (χ0) is 24.2. The van der Waals surface area contributed by atoms with Gasteiger partial charge in [-0.15, -0.1) is 0 Å². The van der Waals surface area contributed by atoms with Crippen LogP contribution >= 0.6 is 0 Å². The van der Waals surface area contributed by atoms with E-state index in [1.807, 2.05) is 67.7 Å². The Morgan fingerprint density at radius 3 is 1.94 bits per heavy atom. The summed E-state index contributed by atoms with van der Waals surface area (Å²) in [6.07, 6.45) is 7.22. The van der Waals surface area contributed by atoms with Gasteiger partial charge in [-0.3, -0.25) is 4.98 Å². The number of pyridine rings is 1. The van der Waals surface area contributed by atoms with Crippen LogP contribution in [0.4, 0.5) is 0 Å². The number of hydrogen-bond acceptors (Lipinski definition) is 4. The second-order valence-corrected chi connectivity index (χ2v) is 8.11. The summed E-state index contributed by atoms with van der Waals surface area (Å²) >= 11 is 0. The van der Waals surface area contributed by atoms with E-state index in [4.69, 9.17) is 15.0 Å². The number of aromatic nitrogens is 4. The number of aryl methyl sites for hydroxylation is 1. The molecule has 4 nitrogen and oxygen atoms in total. The zero-order valence-electron chi connectivity index (χ0n) is 19.5. The Morgan fingerprint density at radius 1 is 0.686 bits per heavy atom. The lowest BCUT2D eigenvalue weighted by Crippen LogP contribution is -2.02. The van der Waals surface area contributed by atoms with E-state index in [1.54, 1.807) is 12.2 Å². The van der Waals surface area contributed by atoms with E-state index >= 15 is 0 Å². The summed E-state index contributed by atoms with van der Waals surface area (Å²) in [6, 6.07) is 26.5. The van der Waals surface area contributed by atoms with Gasteiger partial charge < -0.3 is 0 Å². The van der Waals surface area contributed by atoms with Crippen LogP contribution in [0.1, 0.15) is 11.5 Å². The molecule has 4 heteroatoms. The monoisotopic (exact) mass is 452 g/mol. The Balaban J connectivity index is 1.61. The molecule has 5 aromatic rings. The maximum absolute atomic E-state index is 4.79. The van der Waals surface area contributed by atoms with Gasteiger partial charge in [0, 0.05) is 39.5 Å². The highest BCUT2D eigenvalue weighted by molar-refractivity contribution is 5.97. The number of benzene rings is 3. The fourth-order valence-electron chi connectivity index (χ4n) is 4.07. The SMILES string of the molecule is C=C/C=C(\C=C)c1nc(-c2ccccc2)nc(-c2ccc(-c3cnc(C)c4ccccc34)cc2)n1. The van der Waals surface area contributed by atoms with E-state index in [1.165, 1.54) is 5.39 Å². The van der Waals surface area contributed by atoms with Crippen LogP contribution in [0.5, 0.6) is 0 Å². The first-order valence-corrected chi connectivity index (χ1v) is 11.4. The van der Waals surface area contributed by atoms with Crippen LogP contribution in [0.15, 0.2) is 116 Å². The molecule has 0 unspecified atom stereocenters. The van der Waals surface area contributed by atoms with E-state index in [9.17, 15) is 0 Å². The summed E-state index contributed by atoms with van der Waals surface area (Å²) in [4.78, 5) is 18.9. The van der Waals surface area contributed by atoms with Gasteiger partial charge in [-0.1, -0.05) is 110 Å². The summed E-state index contributed by atoms with van der Waals surface area (Å²) in [5, 5.41) is 2.35. The smallest absolute Gasteiger partial charge is 0.164 e. The molecule has 0 amide bonds. The summed E-state index contributed by atoms with van der Waals surface area (Å²) in [7, 11) is 0. The predicted octanol–water partition coefficient (Wildman–Crippen LogP) is 7.48. The van der Waals surface area contributed by atoms with Gasteiger partial charge in [0.05, 0.1) is 0 Å². The Kier molecular flexibility index (Phi) is 6.10. The van der Waals surface area contributed by atoms with Crippen molar-refractivity contribution in [2.24, 2.45) is 0 Å². The molecule has 0 N–H and O–H groups in total. The van der Waals surface area contributed by atoms with E-state index in [0.717, 1.165) is 38.9 Å². The fraction of sp³-hybridized carbons (Fsp3) is 0.0323. The van der Waals surface area contributed by atoms with Crippen LogP contribution < -0.4 is 0 Å². The van der Waals surface area contributed by atoms with Crippen molar-refractivity contribution in [3.8, 4) is 33.9 Å². The third-order valence-corrected chi connectivity index (χ3v) is 5.89. The molecule has 0 saturated carbocycles. The van der Waals surface area contributed by atoms with Gasteiger partial charge in [-0.25, -0.2) is 15.0 Å². The van der Waals surface area contributed by atoms with E-state index in [0.29, 0.717) is 17.5 Å². The minimum Gasteiger partial charge on any atom is -0.260 e. The Labute approximate surface area is 205 Å². The lowest BCUT2D eigenvalue weighted by molar-refractivity contribution is 1.04. The molecule has 0 atom stereocenters. The summed E-state index contributed by atoms with van der Waals surface area (Å²) in [5.41, 5.74) is 5.83. The average Bonchev–Trinajstić information content (AvgIpc) is 2.92. The predicted molar refractivity (Wildman–Crippen MR) is 145 cm³/mol. The average molecular weight is 453 g/mol. The van der Waals surface area contributed by atoms with Gasteiger partial charge in [0.1, 0.15) is 0 Å². The number of nitrogens with zero attached hydrogens (tertiary/aromatic N) is 4. The molecule has 168 valence electrons. The molecule has 0 saturated heterocycles. The molecule has 2 heterocycles. The van der Waals surface area contributed by atoms with Crippen LogP contribution in [-0.2, 0) is 0 Å². The minimum atomic E-state index is 0.557. The molecule has 0 radical (unpaired) electrons. The highest BCUT2D eigenvalue weighted by Gasteiger charge is 2.13. The van der Waals surface area contributed by atoms with Gasteiger partial charge in [0.25, 0.3) is 0 Å². The molecule has 5 rings (SSSR count). The van der Waals surface area contributed by atoms with Gasteiger partial charge in [-0.2, -0.15) is 0 Å². The number of hydrogen-bond donors (Lipinski definition) is 0. The van der Waals surface area contributed by atoms with Crippen molar-refractivity contribution in [1.29, 1.82) is 0 Å². The van der Waals surface area contributed by atoms with Gasteiger partial charge in [0.15, 0.2) is 17.5 Å². The van der Waals surface area contributed by atoms with Crippen molar-refractivity contribution in [3.63, 3.8) is 0 Å². The molecular formula is C31H24N4. The van der Waals surface area contributed by atoms with Crippen molar-refractivity contribution in [2.45, 2.75) is 6.92 Å². The third-order valence-electron chi connectivity index (χ3n) is 5.89. The van der Waals surface area contributed by atoms with Crippen molar-refractivity contribution >= 4 is 16.3 Å². The topological polar surface area (TPSA) is 51.6 Å². The van der Waals surface area contributed by atoms with Crippen LogP contribution in [0.3, 0.4) is 0 Å². The lowest BCUT2D eigenvalue weighted by Gasteiger charge is -2.11. The van der Waals surface area contributed by atoms with Crippen LogP contribution in [0.2, 0.25) is 0 Å². The third kappa shape index (κ3) is 4.42. The number of allylic oxidation sites excluding steroid dienone is 4. The fourth-order valence-corrected chi connectivity index (χ4v) is 4.07. The van der Waals surface area contributed by atoms with Gasteiger partial charge in [0.2, 0.25) is 0 Å². The zero-order valence-corrected chi connectivity index (χ0v) is 19.5. The first-order valence-electron chi connectivity index (χ1n) is 11.4. The van der Waals surface area contributed by atoms with Crippen LogP contribution in [0.25, 0.3) is 50.2 Å². The molecule has 3 aromatic carbocycles. The highest BCUT2D eigenvalue weighted by Crippen LogP contribution is 2.31. The van der Waals surface area contributed by atoms with E-state index in [2.05, 4.69) is 48.5 Å². The molecule has 0 aliphatic rings. The molecule has 0 aliphatic carbocycles. The molecule has 0 spiro atoms. The quantitative estimate of drug-likeness (QED) is 0.251. The van der Waals surface area contributed by atoms with E-state index in [-0.39, 0.29) is 0 Å². The molecule has 2 aromatic heterocycles. The highest BCUT2D eigenvalue weighted by atomic mass is 15.0. The Hall–Kier alpha value is -4.70. The van der Waals surface area contributed by atoms with Crippen molar-refractivity contribution in [3.05, 3.63) is 128 Å². The number of fused-ring (bicyclic) bond motifs is 1. The summed E-state index contributed by atoms with van der Waals surface area (Å²) < 4.78 is 0. The first-order chi connectivity index (χ1) is 17.2. The van der Waals surface area contributed by atoms with Crippen molar-refractivity contribution < 1.29 is 0 Å². The van der Waals surface area contributed by atoms with Gasteiger partial charge in [-0.05, 0) is 17.9 Å². The maximum Gasteiger partial charge on any atom is 0.164 e. The minimum absolute atomic E-state index is 0.557. The van der Waals surface area contributed by atoms with Crippen LogP contribution in [0, 0.1) is 6.92 Å². The van der Waals surface area contributed by atoms with Crippen molar-refractivity contribution in [2.75, 3.05) is 0 Å². The normalized spacial score (nSPS) is 11.4. The van der Waals surface area contributed by atoms with Gasteiger partial charge >= 0.3 is 0 Å². The Bertz CT molecular complexity index is 1570. The molecule has 0 bridgehead atoms. The van der Waals surface area contributed by atoms with Crippen molar-refractivity contribution in [1.82, 2.24) is 19.9 Å². The van der Waals surface area contributed by atoms with E-state index < -0.39 is 0 Å². The second kappa shape index (κ2) is 9.65. The second-order valence-electron chi connectivity index (χ2n) is 8.11. The summed E-state index contributed by atoms with van der Waals surface area (Å²) in [5.74, 6) is 1.77. The molecular weight excluding hydrogens is 428 g/mol.